The lowest BCUT2D eigenvalue weighted by Crippen LogP contribution is -2.45. The van der Waals surface area contributed by atoms with Crippen molar-refractivity contribution in [3.63, 3.8) is 0 Å². The first-order valence-corrected chi connectivity index (χ1v) is 9.50. The minimum absolute atomic E-state index is 0.0145. The lowest BCUT2D eigenvalue weighted by atomic mass is 10.1. The molecule has 2 N–H and O–H groups in total. The zero-order valence-corrected chi connectivity index (χ0v) is 17.3. The lowest BCUT2D eigenvalue weighted by molar-refractivity contribution is -0.00539. The summed E-state index contributed by atoms with van der Waals surface area (Å²) >= 11 is 0. The maximum Gasteiger partial charge on any atom is 0.339 e. The van der Waals surface area contributed by atoms with Crippen molar-refractivity contribution in [3.05, 3.63) is 46.5 Å². The number of carbonyl (C=O) groups is 2. The first-order chi connectivity index (χ1) is 13.7. The molecule has 0 spiro atoms. The monoisotopic (exact) mass is 403 g/mol. The molecule has 1 saturated heterocycles. The molecule has 29 heavy (non-hydrogen) atoms. The van der Waals surface area contributed by atoms with Crippen molar-refractivity contribution in [2.24, 2.45) is 0 Å². The van der Waals surface area contributed by atoms with Crippen LogP contribution in [-0.4, -0.2) is 49.3 Å². The van der Waals surface area contributed by atoms with Crippen LogP contribution in [0, 0.1) is 19.7 Å². The summed E-state index contributed by atoms with van der Waals surface area (Å²) < 4.78 is 25.2. The van der Waals surface area contributed by atoms with E-state index in [1.54, 1.807) is 26.0 Å². The number of halogens is 1. The van der Waals surface area contributed by atoms with Gasteiger partial charge in [-0.15, -0.1) is 0 Å². The summed E-state index contributed by atoms with van der Waals surface area (Å²) in [5.74, 6) is -1.39. The Labute approximate surface area is 169 Å². The Kier molecular flexibility index (Phi) is 5.93. The molecular weight excluding hydrogens is 377 g/mol. The van der Waals surface area contributed by atoms with Crippen LogP contribution >= 0.6 is 0 Å². The summed E-state index contributed by atoms with van der Waals surface area (Å²) in [5, 5.41) is 2.68. The minimum atomic E-state index is -0.514. The second-order valence-corrected chi connectivity index (χ2v) is 7.40. The number of ether oxygens (including phenoxy) is 2. The Hall–Kier alpha value is -2.87. The molecule has 1 fully saturated rings. The second kappa shape index (κ2) is 8.24. The van der Waals surface area contributed by atoms with E-state index in [1.807, 2.05) is 18.7 Å². The molecule has 2 unspecified atom stereocenters. The van der Waals surface area contributed by atoms with Crippen molar-refractivity contribution in [3.8, 4) is 0 Å². The predicted molar refractivity (Wildman–Crippen MR) is 108 cm³/mol. The number of aryl methyl sites for hydroxylation is 1. The van der Waals surface area contributed by atoms with Crippen LogP contribution in [0.15, 0.2) is 18.2 Å². The number of nitrogens with zero attached hydrogens (tertiary/aromatic N) is 1. The second-order valence-electron chi connectivity index (χ2n) is 7.40. The zero-order chi connectivity index (χ0) is 21.3. The van der Waals surface area contributed by atoms with Gasteiger partial charge >= 0.3 is 5.97 Å². The molecule has 1 aliphatic rings. The predicted octanol–water partition coefficient (Wildman–Crippen LogP) is 3.42. The van der Waals surface area contributed by atoms with Gasteiger partial charge in [-0.25, -0.2) is 9.18 Å². The third-order valence-electron chi connectivity index (χ3n) is 5.02. The van der Waals surface area contributed by atoms with Crippen LogP contribution in [0.4, 0.5) is 15.8 Å². The number of methoxy groups -OCH3 is 1. The van der Waals surface area contributed by atoms with Crippen LogP contribution < -0.4 is 10.2 Å². The number of nitrogens with one attached hydrogen (secondary N) is 2. The van der Waals surface area contributed by atoms with Gasteiger partial charge in [-0.2, -0.15) is 0 Å². The highest BCUT2D eigenvalue weighted by atomic mass is 19.1. The van der Waals surface area contributed by atoms with Gasteiger partial charge in [0.15, 0.2) is 0 Å². The number of hydrogen-bond acceptors (Lipinski definition) is 5. The first kappa shape index (κ1) is 20.9. The van der Waals surface area contributed by atoms with E-state index in [-0.39, 0.29) is 17.9 Å². The molecule has 1 aromatic heterocycles. The molecule has 1 amide bonds. The van der Waals surface area contributed by atoms with Gasteiger partial charge in [0.25, 0.3) is 5.91 Å². The molecule has 156 valence electrons. The normalized spacial score (nSPS) is 19.2. The summed E-state index contributed by atoms with van der Waals surface area (Å²) in [7, 11) is 1.29. The van der Waals surface area contributed by atoms with E-state index in [4.69, 9.17) is 9.47 Å². The van der Waals surface area contributed by atoms with Gasteiger partial charge in [0, 0.05) is 24.5 Å². The van der Waals surface area contributed by atoms with Crippen molar-refractivity contribution >= 4 is 23.3 Å². The highest BCUT2D eigenvalue weighted by Gasteiger charge is 2.25. The number of anilines is 2. The van der Waals surface area contributed by atoms with E-state index in [1.165, 1.54) is 13.2 Å². The van der Waals surface area contributed by atoms with Gasteiger partial charge < -0.3 is 24.7 Å². The molecule has 7 nitrogen and oxygen atoms in total. The number of morpholine rings is 1. The number of hydrogen-bond donors (Lipinski definition) is 2. The topological polar surface area (TPSA) is 83.7 Å². The Morgan fingerprint density at radius 3 is 2.48 bits per heavy atom. The first-order valence-electron chi connectivity index (χ1n) is 9.50. The number of carbonyl (C=O) groups excluding carboxylic acids is 2. The van der Waals surface area contributed by atoms with E-state index in [2.05, 4.69) is 10.3 Å². The smallest absolute Gasteiger partial charge is 0.339 e. The molecule has 2 aromatic rings. The lowest BCUT2D eigenvalue weighted by Gasteiger charge is -2.37. The van der Waals surface area contributed by atoms with Crippen LogP contribution in [-0.2, 0) is 9.47 Å². The fourth-order valence-corrected chi connectivity index (χ4v) is 3.79. The Bertz CT molecular complexity index is 930. The number of benzene rings is 1. The van der Waals surface area contributed by atoms with Crippen molar-refractivity contribution in [2.45, 2.75) is 39.9 Å². The molecule has 1 aromatic carbocycles. The van der Waals surface area contributed by atoms with E-state index in [9.17, 15) is 14.0 Å². The molecule has 0 saturated carbocycles. The van der Waals surface area contributed by atoms with Crippen molar-refractivity contribution in [1.82, 2.24) is 4.98 Å². The molecule has 0 radical (unpaired) electrons. The van der Waals surface area contributed by atoms with Crippen molar-refractivity contribution < 1.29 is 23.5 Å². The Morgan fingerprint density at radius 1 is 1.24 bits per heavy atom. The Morgan fingerprint density at radius 2 is 1.90 bits per heavy atom. The highest BCUT2D eigenvalue weighted by molar-refractivity contribution is 6.06. The summed E-state index contributed by atoms with van der Waals surface area (Å²) in [6.07, 6.45) is 0.0289. The van der Waals surface area contributed by atoms with Crippen LogP contribution in [0.3, 0.4) is 0 Å². The van der Waals surface area contributed by atoms with Crippen LogP contribution in [0.1, 0.15) is 46.0 Å². The van der Waals surface area contributed by atoms with Crippen LogP contribution in [0.5, 0.6) is 0 Å². The third-order valence-corrected chi connectivity index (χ3v) is 5.02. The van der Waals surface area contributed by atoms with Gasteiger partial charge in [0.05, 0.1) is 30.6 Å². The molecule has 0 bridgehead atoms. The van der Waals surface area contributed by atoms with Gasteiger partial charge in [0.1, 0.15) is 11.5 Å². The molecule has 8 heteroatoms. The highest BCUT2D eigenvalue weighted by Crippen LogP contribution is 2.27. The number of amides is 1. The van der Waals surface area contributed by atoms with Gasteiger partial charge in [-0.05, 0) is 51.5 Å². The van der Waals surface area contributed by atoms with Crippen molar-refractivity contribution in [1.29, 1.82) is 0 Å². The fourth-order valence-electron chi connectivity index (χ4n) is 3.79. The van der Waals surface area contributed by atoms with E-state index >= 15 is 0 Å². The minimum Gasteiger partial charge on any atom is -0.465 e. The quantitative estimate of drug-likeness (QED) is 0.765. The van der Waals surface area contributed by atoms with Gasteiger partial charge in [-0.3, -0.25) is 4.79 Å². The molecule has 3 rings (SSSR count). The van der Waals surface area contributed by atoms with E-state index in [0.29, 0.717) is 41.3 Å². The number of aromatic nitrogens is 1. The van der Waals surface area contributed by atoms with Gasteiger partial charge in [0.2, 0.25) is 0 Å². The zero-order valence-electron chi connectivity index (χ0n) is 17.3. The number of rotatable bonds is 4. The van der Waals surface area contributed by atoms with Crippen molar-refractivity contribution in [2.75, 3.05) is 30.4 Å². The molecule has 2 atom stereocenters. The van der Waals surface area contributed by atoms with Crippen LogP contribution in [0.2, 0.25) is 0 Å². The number of aromatic amines is 1. The molecular formula is C21H26FN3O4. The summed E-state index contributed by atoms with van der Waals surface area (Å²) in [5.41, 5.74) is 2.40. The van der Waals surface area contributed by atoms with E-state index in [0.717, 1.165) is 0 Å². The molecule has 1 aliphatic heterocycles. The summed E-state index contributed by atoms with van der Waals surface area (Å²) in [6.45, 7) is 8.47. The number of H-pyrrole nitrogens is 1. The van der Waals surface area contributed by atoms with E-state index < -0.39 is 17.7 Å². The SMILES string of the molecule is COC(=O)c1c(C)[nH]c(C(=O)Nc2ccc(N3CC(C)OC(C)C3)c(F)c2)c1C. The molecule has 2 heterocycles. The van der Waals surface area contributed by atoms with Gasteiger partial charge in [-0.1, -0.05) is 0 Å². The summed E-state index contributed by atoms with van der Waals surface area (Å²) in [6, 6.07) is 4.61. The van der Waals surface area contributed by atoms with Crippen LogP contribution in [0.25, 0.3) is 0 Å². The number of esters is 1. The largest absolute Gasteiger partial charge is 0.465 e. The standard InChI is InChI=1S/C21H26FN3O4/c1-11-9-25(10-12(2)29-11)17-7-6-15(8-16(17)22)24-20(26)19-13(3)18(14(4)23-19)21(27)28-5/h6-8,11-12,23H,9-10H2,1-5H3,(H,24,26). The average molecular weight is 403 g/mol. The Balaban J connectivity index is 1.78. The molecule has 0 aliphatic carbocycles. The maximum absolute atomic E-state index is 14.7. The summed E-state index contributed by atoms with van der Waals surface area (Å²) in [4.78, 5) is 29.4. The maximum atomic E-state index is 14.7. The third kappa shape index (κ3) is 4.27. The average Bonchev–Trinajstić information content (AvgIpc) is 2.94. The fraction of sp³-hybridized carbons (Fsp3) is 0.429.